The van der Waals surface area contributed by atoms with E-state index in [0.29, 0.717) is 18.6 Å². The molecule has 2 fully saturated rings. The van der Waals surface area contributed by atoms with Crippen molar-refractivity contribution in [3.63, 3.8) is 0 Å². The molecule has 1 unspecified atom stereocenters. The van der Waals surface area contributed by atoms with Crippen molar-refractivity contribution in [2.75, 3.05) is 6.54 Å². The molecule has 5 rings (SSSR count). The molecule has 1 amide bonds. The average molecular weight is 494 g/mol. The molecule has 2 aromatic carbocycles. The molecular formula is C28H29Cl2N3O. The Morgan fingerprint density at radius 3 is 2.09 bits per heavy atom. The minimum atomic E-state index is -0.145. The summed E-state index contributed by atoms with van der Waals surface area (Å²) in [6.45, 7) is 2.21. The highest BCUT2D eigenvalue weighted by molar-refractivity contribution is 6.32. The van der Waals surface area contributed by atoms with Gasteiger partial charge >= 0.3 is 0 Å². The van der Waals surface area contributed by atoms with Crippen molar-refractivity contribution in [2.24, 2.45) is 0 Å². The van der Waals surface area contributed by atoms with Crippen molar-refractivity contribution in [1.29, 1.82) is 0 Å². The van der Waals surface area contributed by atoms with Crippen molar-refractivity contribution in [1.82, 2.24) is 15.2 Å². The second kappa shape index (κ2) is 9.69. The number of hydrogen-bond acceptors (Lipinski definition) is 3. The molecule has 0 radical (unpaired) electrons. The second-order valence-electron chi connectivity index (χ2n) is 9.62. The number of nitrogens with zero attached hydrogens (tertiary/aromatic N) is 2. The quantitative estimate of drug-likeness (QED) is 0.445. The van der Waals surface area contributed by atoms with E-state index in [0.717, 1.165) is 46.9 Å². The van der Waals surface area contributed by atoms with E-state index in [1.165, 1.54) is 5.56 Å². The summed E-state index contributed by atoms with van der Waals surface area (Å²) in [5.74, 6) is 0.00283. The van der Waals surface area contributed by atoms with Crippen molar-refractivity contribution >= 4 is 29.1 Å². The average Bonchev–Trinajstić information content (AvgIpc) is 3.10. The third-order valence-corrected chi connectivity index (χ3v) is 8.26. The highest BCUT2D eigenvalue weighted by Crippen LogP contribution is 2.52. The molecule has 3 heterocycles. The molecule has 6 heteroatoms. The van der Waals surface area contributed by atoms with Crippen LogP contribution in [0.3, 0.4) is 0 Å². The van der Waals surface area contributed by atoms with E-state index in [-0.39, 0.29) is 17.4 Å². The van der Waals surface area contributed by atoms with Crippen LogP contribution in [0.4, 0.5) is 0 Å². The van der Waals surface area contributed by atoms with Gasteiger partial charge in [0.2, 0.25) is 5.91 Å². The first-order valence-electron chi connectivity index (χ1n) is 11.9. The lowest BCUT2D eigenvalue weighted by atomic mass is 9.69. The highest BCUT2D eigenvalue weighted by Gasteiger charge is 2.51. The first kappa shape index (κ1) is 23.3. The van der Waals surface area contributed by atoms with Crippen molar-refractivity contribution in [3.05, 3.63) is 99.8 Å². The van der Waals surface area contributed by atoms with E-state index in [9.17, 15) is 4.79 Å². The summed E-state index contributed by atoms with van der Waals surface area (Å²) in [5, 5.41) is 4.64. The predicted octanol–water partition coefficient (Wildman–Crippen LogP) is 6.18. The third kappa shape index (κ3) is 4.35. The number of carbonyl (C=O) groups is 1. The van der Waals surface area contributed by atoms with Gasteiger partial charge in [0.25, 0.3) is 0 Å². The Balaban J connectivity index is 1.57. The van der Waals surface area contributed by atoms with Crippen LogP contribution in [-0.2, 0) is 10.2 Å². The maximum atomic E-state index is 11.9. The van der Waals surface area contributed by atoms with Crippen LogP contribution in [0.25, 0.3) is 0 Å². The fourth-order valence-corrected chi connectivity index (χ4v) is 6.62. The molecule has 2 saturated heterocycles. The topological polar surface area (TPSA) is 45.2 Å². The van der Waals surface area contributed by atoms with Crippen LogP contribution >= 0.6 is 23.2 Å². The van der Waals surface area contributed by atoms with Crippen LogP contribution in [0.2, 0.25) is 10.0 Å². The normalized spacial score (nSPS) is 24.4. The minimum absolute atomic E-state index is 0.00283. The minimum Gasteiger partial charge on any atom is -0.355 e. The molecule has 1 N–H and O–H groups in total. The maximum Gasteiger partial charge on any atom is 0.216 e. The van der Waals surface area contributed by atoms with Crippen LogP contribution in [0.15, 0.2) is 73.1 Å². The lowest BCUT2D eigenvalue weighted by molar-refractivity contribution is -0.119. The van der Waals surface area contributed by atoms with Crippen molar-refractivity contribution in [2.45, 2.75) is 56.1 Å². The molecular weight excluding hydrogens is 465 g/mol. The highest BCUT2D eigenvalue weighted by atomic mass is 35.5. The fourth-order valence-electron chi connectivity index (χ4n) is 6.14. The van der Waals surface area contributed by atoms with Gasteiger partial charge in [-0.05, 0) is 60.6 Å². The van der Waals surface area contributed by atoms with Crippen LogP contribution in [0.5, 0.6) is 0 Å². The Bertz CT molecular complexity index is 1110. The molecule has 0 saturated carbocycles. The van der Waals surface area contributed by atoms with E-state index in [2.05, 4.69) is 33.4 Å². The first-order valence-corrected chi connectivity index (χ1v) is 12.7. The molecule has 0 aliphatic carbocycles. The van der Waals surface area contributed by atoms with E-state index in [4.69, 9.17) is 23.2 Å². The Labute approximate surface area is 211 Å². The number of halogens is 2. The van der Waals surface area contributed by atoms with Gasteiger partial charge in [-0.15, -0.1) is 0 Å². The van der Waals surface area contributed by atoms with Crippen LogP contribution in [-0.4, -0.2) is 34.4 Å². The molecule has 2 bridgehead atoms. The SMILES string of the molecule is CC(=O)NCC1(c2cccnc2)C[C@H]2CC[C@@H](C1)N2C(c1ccccc1Cl)c1ccccc1Cl. The number of aromatic nitrogens is 1. The van der Waals surface area contributed by atoms with Crippen molar-refractivity contribution < 1.29 is 4.79 Å². The number of nitrogens with one attached hydrogen (secondary N) is 1. The lowest BCUT2D eigenvalue weighted by Crippen LogP contribution is -2.54. The number of piperidine rings is 1. The zero-order valence-corrected chi connectivity index (χ0v) is 20.8. The summed E-state index contributed by atoms with van der Waals surface area (Å²) in [7, 11) is 0. The van der Waals surface area contributed by atoms with Gasteiger partial charge in [0.05, 0.1) is 6.04 Å². The number of benzene rings is 2. The lowest BCUT2D eigenvalue weighted by Gasteiger charge is -2.50. The zero-order valence-electron chi connectivity index (χ0n) is 19.3. The molecule has 4 nitrogen and oxygen atoms in total. The first-order chi connectivity index (χ1) is 16.5. The third-order valence-electron chi connectivity index (χ3n) is 7.58. The van der Waals surface area contributed by atoms with Gasteiger partial charge in [-0.2, -0.15) is 0 Å². The monoisotopic (exact) mass is 493 g/mol. The summed E-state index contributed by atoms with van der Waals surface area (Å²) in [6, 6.07) is 21.0. The predicted molar refractivity (Wildman–Crippen MR) is 137 cm³/mol. The molecule has 34 heavy (non-hydrogen) atoms. The molecule has 2 aliphatic rings. The summed E-state index contributed by atoms with van der Waals surface area (Å²) >= 11 is 13.5. The molecule has 2 aliphatic heterocycles. The van der Waals surface area contributed by atoms with Gasteiger partial charge in [-0.25, -0.2) is 0 Å². The van der Waals surface area contributed by atoms with E-state index < -0.39 is 0 Å². The number of hydrogen-bond donors (Lipinski definition) is 1. The molecule has 1 aromatic heterocycles. The van der Waals surface area contributed by atoms with Gasteiger partial charge in [-0.3, -0.25) is 14.7 Å². The second-order valence-corrected chi connectivity index (χ2v) is 10.4. The van der Waals surface area contributed by atoms with Gasteiger partial charge in [-0.1, -0.05) is 65.7 Å². The molecule has 3 atom stereocenters. The van der Waals surface area contributed by atoms with Crippen LogP contribution in [0, 0.1) is 0 Å². The standard InChI is InChI=1S/C28H29Cl2N3O/c1-19(34)32-18-28(20-7-6-14-31-17-20)15-21-12-13-22(16-28)33(21)27(23-8-2-4-10-25(23)29)24-9-3-5-11-26(24)30/h2-11,14,17,21-22,27H,12-13,15-16,18H2,1H3,(H,32,34)/t21-,22+,28?. The van der Waals surface area contributed by atoms with E-state index in [1.807, 2.05) is 54.9 Å². The van der Waals surface area contributed by atoms with Crippen LogP contribution in [0.1, 0.15) is 55.3 Å². The molecule has 0 spiro atoms. The van der Waals surface area contributed by atoms with Gasteiger partial charge in [0, 0.05) is 53.4 Å². The van der Waals surface area contributed by atoms with E-state index in [1.54, 1.807) is 6.92 Å². The molecule has 3 aromatic rings. The van der Waals surface area contributed by atoms with Gasteiger partial charge in [0.15, 0.2) is 0 Å². The summed E-state index contributed by atoms with van der Waals surface area (Å²) in [4.78, 5) is 18.9. The Morgan fingerprint density at radius 1 is 1.00 bits per heavy atom. The van der Waals surface area contributed by atoms with E-state index >= 15 is 0 Å². The number of amides is 1. The van der Waals surface area contributed by atoms with Gasteiger partial charge < -0.3 is 5.32 Å². The largest absolute Gasteiger partial charge is 0.355 e. The number of fused-ring (bicyclic) bond motifs is 2. The summed E-state index contributed by atoms with van der Waals surface area (Å²) in [6.07, 6.45) is 7.89. The number of carbonyl (C=O) groups excluding carboxylic acids is 1. The maximum absolute atomic E-state index is 11.9. The number of pyridine rings is 1. The smallest absolute Gasteiger partial charge is 0.216 e. The Hall–Kier alpha value is -2.40. The summed E-state index contributed by atoms with van der Waals surface area (Å²) < 4.78 is 0. The Morgan fingerprint density at radius 2 is 1.59 bits per heavy atom. The Kier molecular flexibility index (Phi) is 6.65. The summed E-state index contributed by atoms with van der Waals surface area (Å²) in [5.41, 5.74) is 3.23. The van der Waals surface area contributed by atoms with Crippen molar-refractivity contribution in [3.8, 4) is 0 Å². The zero-order chi connectivity index (χ0) is 23.7. The van der Waals surface area contributed by atoms with Gasteiger partial charge in [0.1, 0.15) is 0 Å². The van der Waals surface area contributed by atoms with Crippen LogP contribution < -0.4 is 5.32 Å². The molecule has 176 valence electrons. The number of rotatable bonds is 6. The fraction of sp³-hybridized carbons (Fsp3) is 0.357.